The number of hydrogen-bond acceptors (Lipinski definition) is 5. The quantitative estimate of drug-likeness (QED) is 0.795. The number of rotatable bonds is 4. The Balaban J connectivity index is 1.92. The van der Waals surface area contributed by atoms with Crippen molar-refractivity contribution in [1.82, 2.24) is 30.0 Å². The summed E-state index contributed by atoms with van der Waals surface area (Å²) < 4.78 is 1.77. The monoisotopic (exact) mass is 322 g/mol. The molecule has 7 nitrogen and oxygen atoms in total. The van der Waals surface area contributed by atoms with Crippen molar-refractivity contribution in [2.24, 2.45) is 7.05 Å². The van der Waals surface area contributed by atoms with E-state index in [1.807, 2.05) is 44.3 Å². The maximum absolute atomic E-state index is 12.7. The van der Waals surface area contributed by atoms with Crippen LogP contribution in [0.25, 0.3) is 11.3 Å². The number of nitrogens with one attached hydrogen (secondary N) is 1. The van der Waals surface area contributed by atoms with Gasteiger partial charge in [-0.1, -0.05) is 30.3 Å². The predicted molar refractivity (Wildman–Crippen MR) is 89.1 cm³/mol. The minimum atomic E-state index is -0.282. The van der Waals surface area contributed by atoms with Gasteiger partial charge in [-0.2, -0.15) is 0 Å². The molecule has 2 heterocycles. The second kappa shape index (κ2) is 6.57. The lowest BCUT2D eigenvalue weighted by Gasteiger charge is -2.14. The van der Waals surface area contributed by atoms with Crippen molar-refractivity contribution in [2.45, 2.75) is 19.9 Å². The molecule has 24 heavy (non-hydrogen) atoms. The number of nitrogens with zero attached hydrogens (tertiary/aromatic N) is 5. The Morgan fingerprint density at radius 2 is 2.00 bits per heavy atom. The first-order chi connectivity index (χ1) is 11.6. The van der Waals surface area contributed by atoms with Crippen LogP contribution in [-0.4, -0.2) is 30.6 Å². The van der Waals surface area contributed by atoms with Gasteiger partial charge in [0.1, 0.15) is 12.2 Å². The van der Waals surface area contributed by atoms with Gasteiger partial charge < -0.3 is 9.88 Å². The molecule has 0 aliphatic rings. The molecule has 7 heteroatoms. The summed E-state index contributed by atoms with van der Waals surface area (Å²) in [5, 5.41) is 10.8. The standard InChI is InChI=1S/C17H18N6O/c1-11(16-22-19-10-23(16)3)20-17(24)14-9-18-12(2)21-15(14)13-7-5-4-6-8-13/h4-11H,1-3H3,(H,20,24)/t11-/m0/s1. The molecule has 0 saturated carbocycles. The number of carbonyl (C=O) groups excluding carboxylic acids is 1. The number of benzene rings is 1. The van der Waals surface area contributed by atoms with Gasteiger partial charge in [0.05, 0.1) is 17.3 Å². The lowest BCUT2D eigenvalue weighted by atomic mass is 10.1. The van der Waals surface area contributed by atoms with Crippen LogP contribution < -0.4 is 5.32 Å². The summed E-state index contributed by atoms with van der Waals surface area (Å²) in [5.74, 6) is 1.05. The minimum absolute atomic E-state index is 0.246. The van der Waals surface area contributed by atoms with Crippen LogP contribution in [0, 0.1) is 6.92 Å². The highest BCUT2D eigenvalue weighted by molar-refractivity contribution is 5.99. The first-order valence-electron chi connectivity index (χ1n) is 7.60. The van der Waals surface area contributed by atoms with E-state index in [1.54, 1.807) is 24.0 Å². The second-order valence-corrected chi connectivity index (χ2v) is 5.54. The summed E-state index contributed by atoms with van der Waals surface area (Å²) in [6, 6.07) is 9.31. The summed E-state index contributed by atoms with van der Waals surface area (Å²) in [7, 11) is 1.84. The number of carbonyl (C=O) groups is 1. The van der Waals surface area contributed by atoms with Crippen molar-refractivity contribution < 1.29 is 4.79 Å². The van der Waals surface area contributed by atoms with Crippen LogP contribution in [0.1, 0.15) is 35.0 Å². The molecule has 1 amide bonds. The summed E-state index contributed by atoms with van der Waals surface area (Å²) in [4.78, 5) is 21.3. The average molecular weight is 322 g/mol. The van der Waals surface area contributed by atoms with Crippen LogP contribution in [-0.2, 0) is 7.05 Å². The Labute approximate surface area is 139 Å². The zero-order valence-corrected chi connectivity index (χ0v) is 13.8. The van der Waals surface area contributed by atoms with E-state index in [-0.39, 0.29) is 11.9 Å². The molecule has 0 fully saturated rings. The van der Waals surface area contributed by atoms with Gasteiger partial charge in [0.2, 0.25) is 0 Å². The molecule has 0 aliphatic heterocycles. The molecular formula is C17H18N6O. The third kappa shape index (κ3) is 3.15. The fraction of sp³-hybridized carbons (Fsp3) is 0.235. The molecule has 122 valence electrons. The molecule has 3 aromatic rings. The highest BCUT2D eigenvalue weighted by atomic mass is 16.1. The van der Waals surface area contributed by atoms with Gasteiger partial charge in [-0.3, -0.25) is 4.79 Å². The van der Waals surface area contributed by atoms with E-state index < -0.39 is 0 Å². The molecule has 0 spiro atoms. The van der Waals surface area contributed by atoms with Gasteiger partial charge in [0.25, 0.3) is 5.91 Å². The Morgan fingerprint density at radius 3 is 2.67 bits per heavy atom. The molecule has 0 aliphatic carbocycles. The summed E-state index contributed by atoms with van der Waals surface area (Å²) in [6.45, 7) is 3.66. The first-order valence-corrected chi connectivity index (χ1v) is 7.60. The van der Waals surface area contributed by atoms with Crippen molar-refractivity contribution in [1.29, 1.82) is 0 Å². The molecule has 3 rings (SSSR count). The van der Waals surface area contributed by atoms with E-state index in [2.05, 4.69) is 25.5 Å². The van der Waals surface area contributed by atoms with E-state index in [4.69, 9.17) is 0 Å². The summed E-state index contributed by atoms with van der Waals surface area (Å²) in [6.07, 6.45) is 3.16. The van der Waals surface area contributed by atoms with Crippen LogP contribution in [0.5, 0.6) is 0 Å². The maximum atomic E-state index is 12.7. The topological polar surface area (TPSA) is 85.6 Å². The van der Waals surface area contributed by atoms with Crippen LogP contribution >= 0.6 is 0 Å². The molecule has 0 unspecified atom stereocenters. The van der Waals surface area contributed by atoms with Crippen LogP contribution in [0.4, 0.5) is 0 Å². The number of aryl methyl sites for hydroxylation is 2. The van der Waals surface area contributed by atoms with Crippen molar-refractivity contribution in [3.05, 3.63) is 60.1 Å². The Bertz CT molecular complexity index is 859. The highest BCUT2D eigenvalue weighted by Crippen LogP contribution is 2.21. The first kappa shape index (κ1) is 15.8. The zero-order chi connectivity index (χ0) is 17.1. The van der Waals surface area contributed by atoms with Crippen LogP contribution in [0.3, 0.4) is 0 Å². The van der Waals surface area contributed by atoms with Crippen LogP contribution in [0.2, 0.25) is 0 Å². The van der Waals surface area contributed by atoms with E-state index in [9.17, 15) is 4.79 Å². The fourth-order valence-electron chi connectivity index (χ4n) is 2.48. The third-order valence-corrected chi connectivity index (χ3v) is 3.68. The van der Waals surface area contributed by atoms with Crippen molar-refractivity contribution >= 4 is 5.91 Å². The van der Waals surface area contributed by atoms with E-state index in [0.29, 0.717) is 22.9 Å². The SMILES string of the molecule is Cc1ncc(C(=O)N[C@@H](C)c2nncn2C)c(-c2ccccc2)n1. The molecule has 1 aromatic carbocycles. The molecule has 0 saturated heterocycles. The lowest BCUT2D eigenvalue weighted by molar-refractivity contribution is 0.0937. The summed E-state index contributed by atoms with van der Waals surface area (Å²) in [5.41, 5.74) is 1.92. The molecule has 0 radical (unpaired) electrons. The smallest absolute Gasteiger partial charge is 0.255 e. The molecular weight excluding hydrogens is 304 g/mol. The molecule has 2 aromatic heterocycles. The largest absolute Gasteiger partial charge is 0.342 e. The van der Waals surface area contributed by atoms with Crippen molar-refractivity contribution in [3.8, 4) is 11.3 Å². The Kier molecular flexibility index (Phi) is 4.33. The van der Waals surface area contributed by atoms with E-state index >= 15 is 0 Å². The van der Waals surface area contributed by atoms with Gasteiger partial charge >= 0.3 is 0 Å². The van der Waals surface area contributed by atoms with Gasteiger partial charge in [0.15, 0.2) is 5.82 Å². The number of amides is 1. The Hall–Kier alpha value is -3.09. The van der Waals surface area contributed by atoms with Gasteiger partial charge in [-0.15, -0.1) is 10.2 Å². The zero-order valence-electron chi connectivity index (χ0n) is 13.8. The van der Waals surface area contributed by atoms with Crippen molar-refractivity contribution in [2.75, 3.05) is 0 Å². The maximum Gasteiger partial charge on any atom is 0.255 e. The molecule has 0 bridgehead atoms. The second-order valence-electron chi connectivity index (χ2n) is 5.54. The fourth-order valence-corrected chi connectivity index (χ4v) is 2.48. The Morgan fingerprint density at radius 1 is 1.25 bits per heavy atom. The van der Waals surface area contributed by atoms with Gasteiger partial charge in [-0.25, -0.2) is 9.97 Å². The minimum Gasteiger partial charge on any atom is -0.342 e. The molecule has 1 atom stereocenters. The van der Waals surface area contributed by atoms with E-state index in [1.165, 1.54) is 0 Å². The summed E-state index contributed by atoms with van der Waals surface area (Å²) >= 11 is 0. The molecule has 1 N–H and O–H groups in total. The average Bonchev–Trinajstić information content (AvgIpc) is 3.01. The normalized spacial score (nSPS) is 12.0. The third-order valence-electron chi connectivity index (χ3n) is 3.68. The van der Waals surface area contributed by atoms with Gasteiger partial charge in [0, 0.05) is 18.8 Å². The highest BCUT2D eigenvalue weighted by Gasteiger charge is 2.19. The van der Waals surface area contributed by atoms with Crippen molar-refractivity contribution in [3.63, 3.8) is 0 Å². The van der Waals surface area contributed by atoms with E-state index in [0.717, 1.165) is 5.56 Å². The van der Waals surface area contributed by atoms with Gasteiger partial charge in [-0.05, 0) is 13.8 Å². The lowest BCUT2D eigenvalue weighted by Crippen LogP contribution is -2.29. The number of aromatic nitrogens is 5. The number of hydrogen-bond donors (Lipinski definition) is 1. The predicted octanol–water partition coefficient (Wildman–Crippen LogP) is 2.07. The van der Waals surface area contributed by atoms with Crippen LogP contribution in [0.15, 0.2) is 42.9 Å².